The Morgan fingerprint density at radius 1 is 1.25 bits per heavy atom. The number of hydrogen-bond acceptors (Lipinski definition) is 4. The van der Waals surface area contributed by atoms with Crippen molar-refractivity contribution in [1.29, 1.82) is 0 Å². The van der Waals surface area contributed by atoms with E-state index in [1.165, 1.54) is 0 Å². The standard InChI is InChI=1S/C11H20O4S/c1-10(2)7-9(15-16(5,13)14)11(3,4)6-8(10)12/h9H,6-7H2,1-5H3. The Morgan fingerprint density at radius 3 is 2.19 bits per heavy atom. The molecule has 1 aliphatic carbocycles. The van der Waals surface area contributed by atoms with Gasteiger partial charge in [0.05, 0.1) is 12.4 Å². The molecular formula is C11H20O4S. The van der Waals surface area contributed by atoms with Gasteiger partial charge in [0.1, 0.15) is 5.78 Å². The first-order valence-electron chi connectivity index (χ1n) is 5.36. The molecule has 4 nitrogen and oxygen atoms in total. The van der Waals surface area contributed by atoms with Crippen molar-refractivity contribution in [3.63, 3.8) is 0 Å². The first-order valence-corrected chi connectivity index (χ1v) is 7.17. The molecule has 1 fully saturated rings. The molecule has 0 spiro atoms. The highest BCUT2D eigenvalue weighted by Crippen LogP contribution is 2.44. The van der Waals surface area contributed by atoms with Crippen LogP contribution in [-0.2, 0) is 19.1 Å². The van der Waals surface area contributed by atoms with E-state index in [2.05, 4.69) is 0 Å². The second-order valence-electron chi connectivity index (χ2n) is 5.97. The van der Waals surface area contributed by atoms with E-state index in [4.69, 9.17) is 4.18 Å². The maximum atomic E-state index is 11.8. The Balaban J connectivity index is 2.95. The number of carbonyl (C=O) groups is 1. The Hall–Kier alpha value is -0.420. The van der Waals surface area contributed by atoms with Crippen LogP contribution in [0, 0.1) is 10.8 Å². The minimum absolute atomic E-state index is 0.172. The van der Waals surface area contributed by atoms with E-state index in [9.17, 15) is 13.2 Å². The van der Waals surface area contributed by atoms with Crippen molar-refractivity contribution >= 4 is 15.9 Å². The van der Waals surface area contributed by atoms with Gasteiger partial charge in [-0.3, -0.25) is 8.98 Å². The highest BCUT2D eigenvalue weighted by Gasteiger charge is 2.47. The lowest BCUT2D eigenvalue weighted by molar-refractivity contribution is -0.139. The average Bonchev–Trinajstić information content (AvgIpc) is 1.96. The van der Waals surface area contributed by atoms with Crippen molar-refractivity contribution < 1.29 is 17.4 Å². The van der Waals surface area contributed by atoms with Gasteiger partial charge in [0, 0.05) is 11.8 Å². The summed E-state index contributed by atoms with van der Waals surface area (Å²) in [5, 5.41) is 0. The molecule has 0 radical (unpaired) electrons. The summed E-state index contributed by atoms with van der Waals surface area (Å²) in [4.78, 5) is 11.8. The lowest BCUT2D eigenvalue weighted by Gasteiger charge is -2.43. The molecule has 1 unspecified atom stereocenters. The second-order valence-corrected chi connectivity index (χ2v) is 7.57. The fourth-order valence-electron chi connectivity index (χ4n) is 2.00. The highest BCUT2D eigenvalue weighted by atomic mass is 32.2. The summed E-state index contributed by atoms with van der Waals surface area (Å²) in [7, 11) is -3.47. The molecule has 0 aromatic rings. The van der Waals surface area contributed by atoms with Crippen molar-refractivity contribution in [2.45, 2.75) is 46.6 Å². The summed E-state index contributed by atoms with van der Waals surface area (Å²) in [5.74, 6) is 0.172. The van der Waals surface area contributed by atoms with Gasteiger partial charge in [-0.2, -0.15) is 8.42 Å². The van der Waals surface area contributed by atoms with Crippen LogP contribution in [0.4, 0.5) is 0 Å². The van der Waals surface area contributed by atoms with Gasteiger partial charge in [0.15, 0.2) is 0 Å². The van der Waals surface area contributed by atoms with Gasteiger partial charge in [-0.1, -0.05) is 27.7 Å². The molecule has 5 heteroatoms. The Morgan fingerprint density at radius 2 is 1.75 bits per heavy atom. The molecule has 0 aliphatic heterocycles. The van der Waals surface area contributed by atoms with Crippen LogP contribution in [0.15, 0.2) is 0 Å². The molecule has 0 bridgehead atoms. The van der Waals surface area contributed by atoms with Crippen molar-refractivity contribution in [3.05, 3.63) is 0 Å². The lowest BCUT2D eigenvalue weighted by atomic mass is 9.64. The van der Waals surface area contributed by atoms with E-state index in [-0.39, 0.29) is 5.78 Å². The Labute approximate surface area is 97.5 Å². The molecule has 0 saturated heterocycles. The minimum Gasteiger partial charge on any atom is -0.299 e. The Bertz CT molecular complexity index is 392. The predicted molar refractivity (Wildman–Crippen MR) is 61.5 cm³/mol. The molecule has 0 amide bonds. The number of Topliss-reactive ketones (excluding diaryl/α,β-unsaturated/α-hetero) is 1. The van der Waals surface area contributed by atoms with Crippen molar-refractivity contribution in [2.75, 3.05) is 6.26 Å². The summed E-state index contributed by atoms with van der Waals surface area (Å²) in [6.45, 7) is 7.42. The third-order valence-corrected chi connectivity index (χ3v) is 3.81. The first-order chi connectivity index (χ1) is 6.94. The van der Waals surface area contributed by atoms with Crippen molar-refractivity contribution in [2.24, 2.45) is 10.8 Å². The van der Waals surface area contributed by atoms with Crippen molar-refractivity contribution in [3.8, 4) is 0 Å². The van der Waals surface area contributed by atoms with E-state index in [0.717, 1.165) is 6.26 Å². The molecule has 1 rings (SSSR count). The molecule has 1 saturated carbocycles. The molecule has 1 aliphatic rings. The fraction of sp³-hybridized carbons (Fsp3) is 0.909. The second kappa shape index (κ2) is 3.81. The first kappa shape index (κ1) is 13.6. The minimum atomic E-state index is -3.47. The van der Waals surface area contributed by atoms with Crippen molar-refractivity contribution in [1.82, 2.24) is 0 Å². The molecule has 0 heterocycles. The van der Waals surface area contributed by atoms with Gasteiger partial charge in [-0.25, -0.2) is 0 Å². The van der Waals surface area contributed by atoms with Crippen LogP contribution in [0.25, 0.3) is 0 Å². The van der Waals surface area contributed by atoms with Crippen LogP contribution in [0.2, 0.25) is 0 Å². The number of ketones is 1. The fourth-order valence-corrected chi connectivity index (χ4v) is 2.75. The molecule has 0 aromatic carbocycles. The quantitative estimate of drug-likeness (QED) is 0.698. The van der Waals surface area contributed by atoms with Crippen LogP contribution in [0.3, 0.4) is 0 Å². The van der Waals surface area contributed by atoms with Crippen LogP contribution >= 0.6 is 0 Å². The summed E-state index contributed by atoms with van der Waals surface area (Å²) in [6.07, 6.45) is 1.44. The molecular weight excluding hydrogens is 228 g/mol. The van der Waals surface area contributed by atoms with Crippen LogP contribution in [0.5, 0.6) is 0 Å². The van der Waals surface area contributed by atoms with Crippen LogP contribution in [-0.4, -0.2) is 26.6 Å². The number of rotatable bonds is 2. The summed E-state index contributed by atoms with van der Waals surface area (Å²) >= 11 is 0. The zero-order valence-corrected chi connectivity index (χ0v) is 11.3. The largest absolute Gasteiger partial charge is 0.299 e. The van der Waals surface area contributed by atoms with E-state index in [1.54, 1.807) is 0 Å². The topological polar surface area (TPSA) is 60.4 Å². The average molecular weight is 248 g/mol. The smallest absolute Gasteiger partial charge is 0.264 e. The SMILES string of the molecule is CC1(C)CC(OS(C)(=O)=O)C(C)(C)CC1=O. The third-order valence-electron chi connectivity index (χ3n) is 3.23. The van der Waals surface area contributed by atoms with Gasteiger partial charge in [0.2, 0.25) is 0 Å². The number of hydrogen-bond donors (Lipinski definition) is 0. The summed E-state index contributed by atoms with van der Waals surface area (Å²) in [5.41, 5.74) is -0.916. The molecule has 0 aromatic heterocycles. The maximum Gasteiger partial charge on any atom is 0.264 e. The van der Waals surface area contributed by atoms with Gasteiger partial charge in [-0.15, -0.1) is 0 Å². The third kappa shape index (κ3) is 3.04. The molecule has 1 atom stereocenters. The zero-order valence-electron chi connectivity index (χ0n) is 10.5. The Kier molecular flexibility index (Phi) is 3.25. The van der Waals surface area contributed by atoms with Gasteiger partial charge < -0.3 is 0 Å². The molecule has 16 heavy (non-hydrogen) atoms. The summed E-state index contributed by atoms with van der Waals surface area (Å²) in [6, 6.07) is 0. The predicted octanol–water partition coefficient (Wildman–Crippen LogP) is 1.75. The van der Waals surface area contributed by atoms with E-state index in [1.807, 2.05) is 27.7 Å². The summed E-state index contributed by atoms with van der Waals surface area (Å²) < 4.78 is 27.4. The molecule has 94 valence electrons. The maximum absolute atomic E-state index is 11.8. The van der Waals surface area contributed by atoms with Gasteiger partial charge in [0.25, 0.3) is 10.1 Å². The normalized spacial score (nSPS) is 29.1. The number of carbonyl (C=O) groups excluding carboxylic acids is 1. The van der Waals surface area contributed by atoms with Crippen LogP contribution in [0.1, 0.15) is 40.5 Å². The highest BCUT2D eigenvalue weighted by molar-refractivity contribution is 7.86. The monoisotopic (exact) mass is 248 g/mol. The van der Waals surface area contributed by atoms with Crippen LogP contribution < -0.4 is 0 Å². The molecule has 0 N–H and O–H groups in total. The van der Waals surface area contributed by atoms with E-state index < -0.39 is 27.1 Å². The lowest BCUT2D eigenvalue weighted by Crippen LogP contribution is -2.47. The van der Waals surface area contributed by atoms with Gasteiger partial charge >= 0.3 is 0 Å². The zero-order chi connectivity index (χ0) is 12.8. The van der Waals surface area contributed by atoms with E-state index >= 15 is 0 Å². The van der Waals surface area contributed by atoms with Gasteiger partial charge in [-0.05, 0) is 11.8 Å². The van der Waals surface area contributed by atoms with E-state index in [0.29, 0.717) is 12.8 Å².